The molecule has 1 unspecified atom stereocenters. The van der Waals surface area contributed by atoms with Crippen LogP contribution in [0.25, 0.3) is 0 Å². The van der Waals surface area contributed by atoms with Crippen LogP contribution < -0.4 is 15.8 Å². The van der Waals surface area contributed by atoms with E-state index < -0.39 is 5.91 Å². The number of likely N-dealkylation sites (tertiary alicyclic amines) is 1. The van der Waals surface area contributed by atoms with Crippen LogP contribution in [0.5, 0.6) is 5.75 Å². The molecule has 0 aliphatic carbocycles. The van der Waals surface area contributed by atoms with E-state index >= 15 is 0 Å². The summed E-state index contributed by atoms with van der Waals surface area (Å²) in [7, 11) is 0. The first-order valence-corrected chi connectivity index (χ1v) is 11.7. The topological polar surface area (TPSA) is 84.7 Å². The Morgan fingerprint density at radius 2 is 1.79 bits per heavy atom. The molecule has 1 aliphatic rings. The number of benzene rings is 3. The van der Waals surface area contributed by atoms with Gasteiger partial charge < -0.3 is 15.8 Å². The molecule has 4 rings (SSSR count). The maximum atomic E-state index is 12.8. The normalized spacial score (nSPS) is 16.1. The van der Waals surface area contributed by atoms with Crippen molar-refractivity contribution < 1.29 is 14.3 Å². The highest BCUT2D eigenvalue weighted by Gasteiger charge is 2.18. The molecule has 1 saturated heterocycles. The molecule has 34 heavy (non-hydrogen) atoms. The number of anilines is 1. The lowest BCUT2D eigenvalue weighted by Crippen LogP contribution is -2.36. The van der Waals surface area contributed by atoms with Crippen molar-refractivity contribution in [2.24, 2.45) is 5.73 Å². The minimum atomic E-state index is -0.541. The molecule has 0 aromatic heterocycles. The van der Waals surface area contributed by atoms with E-state index in [1.807, 2.05) is 24.3 Å². The Morgan fingerprint density at radius 3 is 2.56 bits per heavy atom. The zero-order valence-electron chi connectivity index (χ0n) is 19.5. The van der Waals surface area contributed by atoms with E-state index in [1.54, 1.807) is 36.4 Å². The highest BCUT2D eigenvalue weighted by atomic mass is 16.5. The first-order chi connectivity index (χ1) is 16.5. The number of nitrogens with zero attached hydrogens (tertiary/aromatic N) is 1. The molecule has 6 nitrogen and oxygen atoms in total. The molecule has 3 aromatic carbocycles. The van der Waals surface area contributed by atoms with Crippen molar-refractivity contribution in [1.29, 1.82) is 0 Å². The van der Waals surface area contributed by atoms with E-state index in [0.29, 0.717) is 22.9 Å². The fourth-order valence-corrected chi connectivity index (χ4v) is 4.28. The summed E-state index contributed by atoms with van der Waals surface area (Å²) in [5, 5.41) is 2.97. The molecule has 1 fully saturated rings. The number of rotatable bonds is 8. The molecule has 0 bridgehead atoms. The fourth-order valence-electron chi connectivity index (χ4n) is 4.28. The Bertz CT molecular complexity index is 1140. The first kappa shape index (κ1) is 23.5. The number of nitrogens with two attached hydrogens (primary N) is 1. The summed E-state index contributed by atoms with van der Waals surface area (Å²) in [6, 6.07) is 22.8. The van der Waals surface area contributed by atoms with Gasteiger partial charge in [0, 0.05) is 23.8 Å². The molecule has 6 heteroatoms. The Morgan fingerprint density at radius 1 is 1.00 bits per heavy atom. The third-order valence-corrected chi connectivity index (χ3v) is 6.27. The van der Waals surface area contributed by atoms with E-state index in [-0.39, 0.29) is 12.5 Å². The predicted molar refractivity (Wildman–Crippen MR) is 134 cm³/mol. The molecule has 0 radical (unpaired) electrons. The van der Waals surface area contributed by atoms with Gasteiger partial charge in [0.05, 0.1) is 5.56 Å². The number of primary amides is 1. The summed E-state index contributed by atoms with van der Waals surface area (Å²) in [6.07, 6.45) is 3.84. The first-order valence-electron chi connectivity index (χ1n) is 11.7. The van der Waals surface area contributed by atoms with Crippen LogP contribution in [0.4, 0.5) is 5.69 Å². The lowest BCUT2D eigenvalue weighted by Gasteiger charge is -2.33. The number of piperidine rings is 1. The highest BCUT2D eigenvalue weighted by Crippen LogP contribution is 2.21. The van der Waals surface area contributed by atoms with Gasteiger partial charge in [-0.1, -0.05) is 42.8 Å². The van der Waals surface area contributed by atoms with Gasteiger partial charge in [-0.2, -0.15) is 0 Å². The van der Waals surface area contributed by atoms with Crippen molar-refractivity contribution in [2.45, 2.75) is 45.4 Å². The van der Waals surface area contributed by atoms with Crippen LogP contribution in [0, 0.1) is 0 Å². The summed E-state index contributed by atoms with van der Waals surface area (Å²) in [6.45, 7) is 4.60. The standard InChI is InChI=1S/C28H31N3O3/c1-20-7-4-5-16-31(20)18-21-12-14-24(15-13-21)30-28(33)23-9-6-8-22(17-23)19-34-26-11-3-2-10-25(26)27(29)32/h2-3,6,8-15,17,20H,4-5,7,16,18-19H2,1H3,(H2,29,32)(H,30,33). The van der Waals surface area contributed by atoms with E-state index in [1.165, 1.54) is 24.8 Å². The van der Waals surface area contributed by atoms with Gasteiger partial charge >= 0.3 is 0 Å². The van der Waals surface area contributed by atoms with Gasteiger partial charge in [-0.15, -0.1) is 0 Å². The van der Waals surface area contributed by atoms with Crippen LogP contribution in [-0.2, 0) is 13.2 Å². The van der Waals surface area contributed by atoms with Crippen LogP contribution in [-0.4, -0.2) is 29.3 Å². The van der Waals surface area contributed by atoms with E-state index in [2.05, 4.69) is 29.3 Å². The molecule has 1 heterocycles. The lowest BCUT2D eigenvalue weighted by atomic mass is 10.0. The summed E-state index contributed by atoms with van der Waals surface area (Å²) in [5.41, 5.74) is 9.11. The molecule has 3 N–H and O–H groups in total. The van der Waals surface area contributed by atoms with Crippen molar-refractivity contribution in [3.63, 3.8) is 0 Å². The Kier molecular flexibility index (Phi) is 7.60. The molecule has 0 saturated carbocycles. The SMILES string of the molecule is CC1CCCCN1Cc1ccc(NC(=O)c2cccc(COc3ccccc3C(N)=O)c2)cc1. The van der Waals surface area contributed by atoms with Crippen molar-refractivity contribution in [3.05, 3.63) is 95.1 Å². The van der Waals surface area contributed by atoms with Crippen LogP contribution in [0.1, 0.15) is 58.0 Å². The largest absolute Gasteiger partial charge is 0.488 e. The lowest BCUT2D eigenvalue weighted by molar-refractivity contribution is 0.0994. The summed E-state index contributed by atoms with van der Waals surface area (Å²) < 4.78 is 5.78. The van der Waals surface area contributed by atoms with Crippen LogP contribution in [0.15, 0.2) is 72.8 Å². The van der Waals surface area contributed by atoms with Gasteiger partial charge in [-0.3, -0.25) is 14.5 Å². The second-order valence-corrected chi connectivity index (χ2v) is 8.82. The van der Waals surface area contributed by atoms with E-state index in [4.69, 9.17) is 10.5 Å². The Labute approximate surface area is 200 Å². The number of carbonyl (C=O) groups is 2. The molecule has 176 valence electrons. The van der Waals surface area contributed by atoms with Gasteiger partial charge in [-0.25, -0.2) is 0 Å². The van der Waals surface area contributed by atoms with Gasteiger partial charge in [0.25, 0.3) is 11.8 Å². The molecule has 3 aromatic rings. The maximum absolute atomic E-state index is 12.8. The third-order valence-electron chi connectivity index (χ3n) is 6.27. The molecular formula is C28H31N3O3. The van der Waals surface area contributed by atoms with Gasteiger partial charge in [0.15, 0.2) is 0 Å². The van der Waals surface area contributed by atoms with Gasteiger partial charge in [0.1, 0.15) is 12.4 Å². The number of para-hydroxylation sites is 1. The smallest absolute Gasteiger partial charge is 0.255 e. The summed E-state index contributed by atoms with van der Waals surface area (Å²) >= 11 is 0. The highest BCUT2D eigenvalue weighted by molar-refractivity contribution is 6.04. The van der Waals surface area contributed by atoms with E-state index in [9.17, 15) is 9.59 Å². The second-order valence-electron chi connectivity index (χ2n) is 8.82. The molecule has 2 amide bonds. The number of hydrogen-bond acceptors (Lipinski definition) is 4. The third kappa shape index (κ3) is 6.02. The maximum Gasteiger partial charge on any atom is 0.255 e. The Hall–Kier alpha value is -3.64. The molecular weight excluding hydrogens is 426 g/mol. The van der Waals surface area contributed by atoms with Crippen LogP contribution >= 0.6 is 0 Å². The zero-order valence-corrected chi connectivity index (χ0v) is 19.5. The monoisotopic (exact) mass is 457 g/mol. The Balaban J connectivity index is 1.35. The van der Waals surface area contributed by atoms with Crippen molar-refractivity contribution >= 4 is 17.5 Å². The van der Waals surface area contributed by atoms with E-state index in [0.717, 1.165) is 24.3 Å². The average molecular weight is 458 g/mol. The number of carbonyl (C=O) groups excluding carboxylic acids is 2. The average Bonchev–Trinajstić information content (AvgIpc) is 2.85. The van der Waals surface area contributed by atoms with Crippen molar-refractivity contribution in [3.8, 4) is 5.75 Å². The second kappa shape index (κ2) is 11.0. The van der Waals surface area contributed by atoms with Gasteiger partial charge in [0.2, 0.25) is 0 Å². The molecule has 0 spiro atoms. The van der Waals surface area contributed by atoms with Crippen LogP contribution in [0.2, 0.25) is 0 Å². The number of hydrogen-bond donors (Lipinski definition) is 2. The van der Waals surface area contributed by atoms with Crippen molar-refractivity contribution in [1.82, 2.24) is 4.90 Å². The minimum absolute atomic E-state index is 0.184. The quantitative estimate of drug-likeness (QED) is 0.499. The fraction of sp³-hybridized carbons (Fsp3) is 0.286. The number of nitrogens with one attached hydrogen (secondary N) is 1. The zero-order chi connectivity index (χ0) is 23.9. The number of ether oxygens (including phenoxy) is 1. The number of amides is 2. The molecule has 1 atom stereocenters. The molecule has 1 aliphatic heterocycles. The van der Waals surface area contributed by atoms with Crippen LogP contribution in [0.3, 0.4) is 0 Å². The van der Waals surface area contributed by atoms with Gasteiger partial charge in [-0.05, 0) is 73.8 Å². The predicted octanol–water partition coefficient (Wildman–Crippen LogP) is 4.99. The summed E-state index contributed by atoms with van der Waals surface area (Å²) in [4.78, 5) is 26.9. The van der Waals surface area contributed by atoms with Crippen molar-refractivity contribution in [2.75, 3.05) is 11.9 Å². The summed E-state index contributed by atoms with van der Waals surface area (Å²) in [5.74, 6) is -0.305. The minimum Gasteiger partial charge on any atom is -0.488 e.